The number of rotatable bonds is 12. The maximum absolute atomic E-state index is 12.2. The average molecular weight is 477 g/mol. The van der Waals surface area contributed by atoms with E-state index in [0.717, 1.165) is 0 Å². The van der Waals surface area contributed by atoms with Crippen LogP contribution in [0.25, 0.3) is 0 Å². The highest BCUT2D eigenvalue weighted by molar-refractivity contribution is 5.81. The van der Waals surface area contributed by atoms with Gasteiger partial charge in [-0.05, 0) is 47.2 Å². The lowest BCUT2D eigenvalue weighted by Gasteiger charge is -2.27. The normalized spacial score (nSPS) is 18.8. The summed E-state index contributed by atoms with van der Waals surface area (Å²) in [7, 11) is 0. The summed E-state index contributed by atoms with van der Waals surface area (Å²) in [5.74, 6) is -3.22. The van der Waals surface area contributed by atoms with Crippen LogP contribution >= 0.6 is 0 Å². The fourth-order valence-electron chi connectivity index (χ4n) is 3.13. The Morgan fingerprint density at radius 2 is 1.06 bits per heavy atom. The van der Waals surface area contributed by atoms with Crippen LogP contribution in [0.15, 0.2) is 0 Å². The summed E-state index contributed by atoms with van der Waals surface area (Å²) >= 11 is 0. The highest BCUT2D eigenvalue weighted by atomic mass is 16.6. The van der Waals surface area contributed by atoms with Crippen molar-refractivity contribution < 1.29 is 48.3 Å². The van der Waals surface area contributed by atoms with Crippen molar-refractivity contribution in [2.45, 2.75) is 58.5 Å². The fourth-order valence-corrected chi connectivity index (χ4v) is 3.13. The second-order valence-electron chi connectivity index (χ2n) is 7.66. The molecule has 33 heavy (non-hydrogen) atoms. The molecule has 1 aliphatic rings. The minimum atomic E-state index is -1.37. The zero-order valence-electron chi connectivity index (χ0n) is 19.7. The Kier molecular flexibility index (Phi) is 12.9. The van der Waals surface area contributed by atoms with Crippen LogP contribution in [0, 0.1) is 0 Å². The number of carbonyl (C=O) groups is 4. The van der Waals surface area contributed by atoms with Gasteiger partial charge in [0.1, 0.15) is 12.2 Å². The summed E-state index contributed by atoms with van der Waals surface area (Å²) in [5, 5.41) is 18.8. The minimum absolute atomic E-state index is 0.0868. The van der Waals surface area contributed by atoms with E-state index in [9.17, 15) is 29.4 Å². The molecule has 1 saturated heterocycles. The zero-order valence-corrected chi connectivity index (χ0v) is 19.7. The smallest absolute Gasteiger partial charge is 0.348 e. The first kappa shape index (κ1) is 28.8. The molecule has 0 saturated carbocycles. The molecule has 12 heteroatoms. The van der Waals surface area contributed by atoms with Crippen LogP contribution in [0.5, 0.6) is 0 Å². The lowest BCUT2D eigenvalue weighted by Crippen LogP contribution is -2.45. The van der Waals surface area contributed by atoms with Crippen LogP contribution in [-0.2, 0) is 38.1 Å². The molecule has 0 aromatic heterocycles. The van der Waals surface area contributed by atoms with Crippen LogP contribution in [0.4, 0.5) is 0 Å². The van der Waals surface area contributed by atoms with Crippen molar-refractivity contribution in [2.75, 3.05) is 52.5 Å². The zero-order chi connectivity index (χ0) is 25.0. The monoisotopic (exact) mass is 476 g/mol. The van der Waals surface area contributed by atoms with E-state index in [1.165, 1.54) is 13.8 Å². The Labute approximate surface area is 193 Å². The molecule has 1 fully saturated rings. The highest BCUT2D eigenvalue weighted by Gasteiger charge is 2.32. The number of nitrogens with zero attached hydrogens (tertiary/aromatic N) is 2. The van der Waals surface area contributed by atoms with Crippen molar-refractivity contribution in [1.82, 2.24) is 9.80 Å². The van der Waals surface area contributed by atoms with E-state index in [4.69, 9.17) is 18.9 Å². The van der Waals surface area contributed by atoms with Crippen LogP contribution in [0.1, 0.15) is 34.1 Å². The van der Waals surface area contributed by atoms with E-state index in [2.05, 4.69) is 0 Å². The molecule has 190 valence electrons. The maximum Gasteiger partial charge on any atom is 0.348 e. The van der Waals surface area contributed by atoms with Crippen molar-refractivity contribution in [3.63, 3.8) is 0 Å². The van der Waals surface area contributed by atoms with Crippen LogP contribution < -0.4 is 0 Å². The molecule has 12 nitrogen and oxygen atoms in total. The summed E-state index contributed by atoms with van der Waals surface area (Å²) in [6.45, 7) is 8.30. The molecular formula is C21H36N2O10. The van der Waals surface area contributed by atoms with Gasteiger partial charge < -0.3 is 29.2 Å². The van der Waals surface area contributed by atoms with Crippen molar-refractivity contribution in [3.8, 4) is 0 Å². The first-order valence-electron chi connectivity index (χ1n) is 11.1. The van der Waals surface area contributed by atoms with E-state index in [1.54, 1.807) is 13.8 Å². The Morgan fingerprint density at radius 3 is 1.36 bits per heavy atom. The standard InChI is InChI=1S/C21H36N2O10/c1-5-30-20(28)16(32-18(26)14(3)24)12-22-8-7-9-23(11-10-22)13-17(21(29)31-6-2)33-19(27)15(4)25/h14-17,24-25H,5-13H2,1-4H3. The van der Waals surface area contributed by atoms with Gasteiger partial charge in [0.05, 0.1) is 13.2 Å². The van der Waals surface area contributed by atoms with Gasteiger partial charge in [-0.25, -0.2) is 19.2 Å². The number of hydrogen-bond acceptors (Lipinski definition) is 12. The summed E-state index contributed by atoms with van der Waals surface area (Å²) in [6.07, 6.45) is -4.44. The van der Waals surface area contributed by atoms with Crippen LogP contribution in [-0.4, -0.2) is 121 Å². The highest BCUT2D eigenvalue weighted by Crippen LogP contribution is 2.10. The van der Waals surface area contributed by atoms with Gasteiger partial charge in [-0.2, -0.15) is 0 Å². The van der Waals surface area contributed by atoms with E-state index >= 15 is 0 Å². The number of carbonyl (C=O) groups excluding carboxylic acids is 4. The molecule has 0 radical (unpaired) electrons. The van der Waals surface area contributed by atoms with Crippen molar-refractivity contribution in [2.24, 2.45) is 0 Å². The first-order valence-corrected chi connectivity index (χ1v) is 11.1. The Balaban J connectivity index is 2.76. The molecule has 0 aromatic rings. The molecular weight excluding hydrogens is 440 g/mol. The molecule has 4 unspecified atom stereocenters. The molecule has 4 atom stereocenters. The predicted octanol–water partition coefficient (Wildman–Crippen LogP) is -1.29. The quantitative estimate of drug-likeness (QED) is 0.254. The third-order valence-electron chi connectivity index (χ3n) is 4.83. The molecule has 1 rings (SSSR count). The van der Waals surface area contributed by atoms with Crippen LogP contribution in [0.3, 0.4) is 0 Å². The van der Waals surface area contributed by atoms with E-state index < -0.39 is 48.3 Å². The van der Waals surface area contributed by atoms with Gasteiger partial charge in [0.2, 0.25) is 12.2 Å². The fraction of sp³-hybridized carbons (Fsp3) is 0.810. The average Bonchev–Trinajstić information content (AvgIpc) is 2.97. The topological polar surface area (TPSA) is 152 Å². The van der Waals surface area contributed by atoms with Gasteiger partial charge in [-0.1, -0.05) is 0 Å². The Hall–Kier alpha value is -2.28. The second kappa shape index (κ2) is 14.8. The van der Waals surface area contributed by atoms with E-state index in [-0.39, 0.29) is 26.3 Å². The van der Waals surface area contributed by atoms with E-state index in [1.807, 2.05) is 9.80 Å². The Bertz CT molecular complexity index is 601. The summed E-state index contributed by atoms with van der Waals surface area (Å²) in [5.41, 5.74) is 0. The molecule has 2 N–H and O–H groups in total. The van der Waals surface area contributed by atoms with Gasteiger partial charge in [0, 0.05) is 26.2 Å². The molecule has 0 bridgehead atoms. The number of hydrogen-bond donors (Lipinski definition) is 2. The molecule has 0 spiro atoms. The number of aliphatic hydroxyl groups is 2. The molecule has 1 heterocycles. The minimum Gasteiger partial charge on any atom is -0.463 e. The largest absolute Gasteiger partial charge is 0.463 e. The van der Waals surface area contributed by atoms with Gasteiger partial charge in [0.25, 0.3) is 0 Å². The SMILES string of the molecule is CCOC(=O)C(CN1CCCN(CC(OC(=O)C(C)O)C(=O)OCC)CC1)OC(=O)C(C)O. The van der Waals surface area contributed by atoms with Crippen LogP contribution in [0.2, 0.25) is 0 Å². The maximum atomic E-state index is 12.2. The van der Waals surface area contributed by atoms with Crippen molar-refractivity contribution >= 4 is 23.9 Å². The van der Waals surface area contributed by atoms with Gasteiger partial charge in [-0.15, -0.1) is 0 Å². The summed E-state index contributed by atoms with van der Waals surface area (Å²) in [4.78, 5) is 51.9. The van der Waals surface area contributed by atoms with E-state index in [0.29, 0.717) is 32.6 Å². The third-order valence-corrected chi connectivity index (χ3v) is 4.83. The molecule has 0 aliphatic carbocycles. The lowest BCUT2D eigenvalue weighted by atomic mass is 10.3. The van der Waals surface area contributed by atoms with Crippen molar-refractivity contribution in [1.29, 1.82) is 0 Å². The second-order valence-corrected chi connectivity index (χ2v) is 7.66. The number of ether oxygens (including phenoxy) is 4. The predicted molar refractivity (Wildman–Crippen MR) is 114 cm³/mol. The Morgan fingerprint density at radius 1 is 0.697 bits per heavy atom. The summed E-state index contributed by atoms with van der Waals surface area (Å²) in [6, 6.07) is 0. The summed E-state index contributed by atoms with van der Waals surface area (Å²) < 4.78 is 20.2. The third kappa shape index (κ3) is 10.5. The van der Waals surface area contributed by atoms with Crippen molar-refractivity contribution in [3.05, 3.63) is 0 Å². The first-order chi connectivity index (χ1) is 15.6. The molecule has 0 amide bonds. The molecule has 0 aromatic carbocycles. The van der Waals surface area contributed by atoms with Gasteiger partial charge in [0.15, 0.2) is 0 Å². The van der Waals surface area contributed by atoms with Gasteiger partial charge in [-0.3, -0.25) is 9.80 Å². The number of aliphatic hydroxyl groups excluding tert-OH is 2. The van der Waals surface area contributed by atoms with Gasteiger partial charge >= 0.3 is 23.9 Å². The molecule has 1 aliphatic heterocycles. The lowest BCUT2D eigenvalue weighted by molar-refractivity contribution is -0.173. The number of esters is 4.